The van der Waals surface area contributed by atoms with Gasteiger partial charge in [0.15, 0.2) is 0 Å². The Kier molecular flexibility index (Phi) is 6.15. The second kappa shape index (κ2) is 9.71. The smallest absolute Gasteiger partial charge is 0.309 e. The molecule has 3 aromatic carbocycles. The Labute approximate surface area is 207 Å². The van der Waals surface area contributed by atoms with Crippen molar-refractivity contribution in [1.82, 2.24) is 19.9 Å². The fourth-order valence-electron chi connectivity index (χ4n) is 3.82. The average Bonchev–Trinajstić information content (AvgIpc) is 3.49. The van der Waals surface area contributed by atoms with Gasteiger partial charge in [-0.2, -0.15) is 0 Å². The predicted molar refractivity (Wildman–Crippen MR) is 135 cm³/mol. The van der Waals surface area contributed by atoms with Crippen molar-refractivity contribution in [2.75, 3.05) is 0 Å². The number of imidazole rings is 2. The standard InChI is InChI=1S/C28H22N4O4/c1-17(33)35-27-23(19-10-5-3-6-11-19)29-25(31-27)21-14-9-15-22(16-21)26-30-24(20-12-7-4-8-13-20)28(32-26)36-18(2)34/h3-16H,1-2H3,(H,29,31)(H,30,32). The number of benzene rings is 3. The van der Waals surface area contributed by atoms with Gasteiger partial charge in [0.05, 0.1) is 0 Å². The summed E-state index contributed by atoms with van der Waals surface area (Å²) < 4.78 is 10.8. The predicted octanol–water partition coefficient (Wildman–Crippen LogP) is 5.65. The fraction of sp³-hybridized carbons (Fsp3) is 0.0714. The first kappa shape index (κ1) is 22.8. The van der Waals surface area contributed by atoms with Gasteiger partial charge in [0.25, 0.3) is 0 Å². The summed E-state index contributed by atoms with van der Waals surface area (Å²) in [5.41, 5.74) is 4.22. The number of aromatic nitrogens is 4. The Balaban J connectivity index is 1.56. The summed E-state index contributed by atoms with van der Waals surface area (Å²) >= 11 is 0. The molecule has 0 atom stereocenters. The van der Waals surface area contributed by atoms with Crippen LogP contribution < -0.4 is 9.47 Å². The highest BCUT2D eigenvalue weighted by Gasteiger charge is 2.19. The number of hydrogen-bond donors (Lipinski definition) is 2. The van der Waals surface area contributed by atoms with Crippen molar-refractivity contribution >= 4 is 11.9 Å². The van der Waals surface area contributed by atoms with Gasteiger partial charge in [0.2, 0.25) is 11.8 Å². The van der Waals surface area contributed by atoms with Crippen LogP contribution in [-0.4, -0.2) is 31.9 Å². The van der Waals surface area contributed by atoms with E-state index in [0.717, 1.165) is 22.3 Å². The van der Waals surface area contributed by atoms with Crippen LogP contribution in [0, 0.1) is 0 Å². The molecule has 2 heterocycles. The number of esters is 2. The second-order valence-corrected chi connectivity index (χ2v) is 8.03. The number of nitrogens with one attached hydrogen (secondary N) is 2. The fourth-order valence-corrected chi connectivity index (χ4v) is 3.82. The molecule has 0 unspecified atom stereocenters. The molecule has 0 aliphatic heterocycles. The van der Waals surface area contributed by atoms with E-state index in [4.69, 9.17) is 19.4 Å². The van der Waals surface area contributed by atoms with Crippen LogP contribution in [0.4, 0.5) is 0 Å². The highest BCUT2D eigenvalue weighted by Crippen LogP contribution is 2.34. The summed E-state index contributed by atoms with van der Waals surface area (Å²) in [6.45, 7) is 2.69. The number of rotatable bonds is 6. The Hall–Kier alpha value is -4.98. The molecule has 0 saturated carbocycles. The number of H-pyrrole nitrogens is 2. The van der Waals surface area contributed by atoms with E-state index < -0.39 is 11.9 Å². The number of carbonyl (C=O) groups excluding carboxylic acids is 2. The third-order valence-corrected chi connectivity index (χ3v) is 5.34. The van der Waals surface area contributed by atoms with E-state index in [-0.39, 0.29) is 11.8 Å². The maximum Gasteiger partial charge on any atom is 0.309 e. The van der Waals surface area contributed by atoms with Crippen LogP contribution in [0.2, 0.25) is 0 Å². The normalized spacial score (nSPS) is 10.7. The second-order valence-electron chi connectivity index (χ2n) is 8.03. The summed E-state index contributed by atoms with van der Waals surface area (Å²) in [4.78, 5) is 39.1. The van der Waals surface area contributed by atoms with E-state index >= 15 is 0 Å². The molecule has 0 fully saturated rings. The van der Waals surface area contributed by atoms with Crippen molar-refractivity contribution < 1.29 is 19.1 Å². The van der Waals surface area contributed by atoms with Gasteiger partial charge in [-0.05, 0) is 6.07 Å². The number of aromatic amines is 2. The van der Waals surface area contributed by atoms with E-state index in [9.17, 15) is 9.59 Å². The van der Waals surface area contributed by atoms with Crippen LogP contribution in [0.1, 0.15) is 13.8 Å². The van der Waals surface area contributed by atoms with Gasteiger partial charge in [-0.1, -0.05) is 78.9 Å². The van der Waals surface area contributed by atoms with Crippen LogP contribution >= 0.6 is 0 Å². The first-order valence-corrected chi connectivity index (χ1v) is 11.3. The van der Waals surface area contributed by atoms with Crippen molar-refractivity contribution in [3.05, 3.63) is 84.9 Å². The number of nitrogens with zero attached hydrogens (tertiary/aromatic N) is 2. The molecule has 5 rings (SSSR count). The van der Waals surface area contributed by atoms with Crippen LogP contribution in [0.3, 0.4) is 0 Å². The molecule has 0 radical (unpaired) electrons. The Morgan fingerprint density at radius 3 is 1.36 bits per heavy atom. The third kappa shape index (κ3) is 4.78. The lowest BCUT2D eigenvalue weighted by molar-refractivity contribution is -0.133. The lowest BCUT2D eigenvalue weighted by Gasteiger charge is -2.01. The minimum absolute atomic E-state index is 0.274. The summed E-state index contributed by atoms with van der Waals surface area (Å²) in [5.74, 6) is 0.714. The molecule has 0 spiro atoms. The molecule has 8 nitrogen and oxygen atoms in total. The van der Waals surface area contributed by atoms with Crippen LogP contribution in [0.25, 0.3) is 45.3 Å². The summed E-state index contributed by atoms with van der Waals surface area (Å²) in [6, 6.07) is 26.5. The molecule has 2 aromatic heterocycles. The van der Waals surface area contributed by atoms with Gasteiger partial charge >= 0.3 is 11.9 Å². The van der Waals surface area contributed by atoms with Gasteiger partial charge in [-0.25, -0.2) is 9.97 Å². The monoisotopic (exact) mass is 478 g/mol. The molecular formula is C28H22N4O4. The minimum Gasteiger partial charge on any atom is -0.407 e. The van der Waals surface area contributed by atoms with Crippen LogP contribution in [0.15, 0.2) is 84.9 Å². The van der Waals surface area contributed by atoms with Crippen molar-refractivity contribution in [2.45, 2.75) is 13.8 Å². The zero-order valence-corrected chi connectivity index (χ0v) is 19.6. The lowest BCUT2D eigenvalue weighted by atomic mass is 10.1. The van der Waals surface area contributed by atoms with E-state index in [0.29, 0.717) is 23.0 Å². The molecule has 0 bridgehead atoms. The van der Waals surface area contributed by atoms with Crippen LogP contribution in [0.5, 0.6) is 11.8 Å². The number of carbonyl (C=O) groups is 2. The largest absolute Gasteiger partial charge is 0.407 e. The maximum absolute atomic E-state index is 11.7. The van der Waals surface area contributed by atoms with E-state index in [1.54, 1.807) is 0 Å². The Morgan fingerprint density at radius 1 is 0.583 bits per heavy atom. The molecular weight excluding hydrogens is 456 g/mol. The van der Waals surface area contributed by atoms with Gasteiger partial charge < -0.3 is 19.4 Å². The number of hydrogen-bond acceptors (Lipinski definition) is 6. The van der Waals surface area contributed by atoms with Gasteiger partial charge in [-0.15, -0.1) is 0 Å². The SMILES string of the molecule is CC(=O)Oc1[nH]c(-c2cccc(-c3nc(-c4ccccc4)c(OC(C)=O)[nH]3)c2)nc1-c1ccccc1. The molecule has 2 N–H and O–H groups in total. The highest BCUT2D eigenvalue weighted by atomic mass is 16.5. The summed E-state index contributed by atoms with van der Waals surface area (Å²) in [5, 5.41) is 0. The average molecular weight is 479 g/mol. The van der Waals surface area contributed by atoms with E-state index in [2.05, 4.69) is 9.97 Å². The first-order chi connectivity index (χ1) is 17.5. The Bertz CT molecular complexity index is 1430. The first-order valence-electron chi connectivity index (χ1n) is 11.3. The third-order valence-electron chi connectivity index (χ3n) is 5.34. The van der Waals surface area contributed by atoms with Gasteiger partial charge in [0.1, 0.15) is 23.0 Å². The summed E-state index contributed by atoms with van der Waals surface area (Å²) in [7, 11) is 0. The van der Waals surface area contributed by atoms with Gasteiger partial charge in [-0.3, -0.25) is 9.59 Å². The van der Waals surface area contributed by atoms with Crippen LogP contribution in [-0.2, 0) is 9.59 Å². The molecule has 178 valence electrons. The zero-order chi connectivity index (χ0) is 25.1. The Morgan fingerprint density at radius 2 is 0.972 bits per heavy atom. The van der Waals surface area contributed by atoms with E-state index in [1.165, 1.54) is 13.8 Å². The summed E-state index contributed by atoms with van der Waals surface area (Å²) in [6.07, 6.45) is 0. The molecule has 0 saturated heterocycles. The molecule has 8 heteroatoms. The molecule has 0 amide bonds. The van der Waals surface area contributed by atoms with Crippen molar-refractivity contribution in [3.63, 3.8) is 0 Å². The van der Waals surface area contributed by atoms with Crippen molar-refractivity contribution in [2.24, 2.45) is 0 Å². The quantitative estimate of drug-likeness (QED) is 0.305. The molecule has 0 aliphatic rings. The van der Waals surface area contributed by atoms with Crippen molar-refractivity contribution in [3.8, 4) is 57.1 Å². The maximum atomic E-state index is 11.7. The topological polar surface area (TPSA) is 110 Å². The molecule has 5 aromatic rings. The van der Waals surface area contributed by atoms with Crippen molar-refractivity contribution in [1.29, 1.82) is 0 Å². The van der Waals surface area contributed by atoms with E-state index in [1.807, 2.05) is 84.9 Å². The van der Waals surface area contributed by atoms with Gasteiger partial charge in [0, 0.05) is 36.1 Å². The zero-order valence-electron chi connectivity index (χ0n) is 19.6. The number of ether oxygens (including phenoxy) is 2. The molecule has 0 aliphatic carbocycles. The lowest BCUT2D eigenvalue weighted by Crippen LogP contribution is -2.02. The molecule has 36 heavy (non-hydrogen) atoms. The highest BCUT2D eigenvalue weighted by molar-refractivity contribution is 5.78. The minimum atomic E-state index is -0.446.